The summed E-state index contributed by atoms with van der Waals surface area (Å²) in [6, 6.07) is 12.0. The van der Waals surface area contributed by atoms with Gasteiger partial charge in [-0.3, -0.25) is 4.79 Å². The zero-order valence-corrected chi connectivity index (χ0v) is 15.4. The molecule has 0 aliphatic rings. The van der Waals surface area contributed by atoms with Crippen LogP contribution in [0.2, 0.25) is 10.0 Å². The Bertz CT molecular complexity index is 696. The third-order valence-electron chi connectivity index (χ3n) is 3.42. The minimum Gasteiger partial charge on any atom is -0.355 e. The van der Waals surface area contributed by atoms with Gasteiger partial charge in [-0.05, 0) is 35.7 Å². The van der Waals surface area contributed by atoms with Gasteiger partial charge in [-0.1, -0.05) is 47.5 Å². The Morgan fingerprint density at radius 3 is 2.67 bits per heavy atom. The van der Waals surface area contributed by atoms with Crippen molar-refractivity contribution >= 4 is 40.9 Å². The predicted molar refractivity (Wildman–Crippen MR) is 100 cm³/mol. The van der Waals surface area contributed by atoms with Crippen LogP contribution in [0.3, 0.4) is 0 Å². The lowest BCUT2D eigenvalue weighted by Gasteiger charge is -2.07. The molecule has 0 radical (unpaired) electrons. The van der Waals surface area contributed by atoms with Gasteiger partial charge in [-0.2, -0.15) is 11.8 Å². The molecule has 0 unspecified atom stereocenters. The van der Waals surface area contributed by atoms with Crippen LogP contribution in [0.15, 0.2) is 42.5 Å². The Labute approximate surface area is 155 Å². The molecule has 1 N–H and O–H groups in total. The summed E-state index contributed by atoms with van der Waals surface area (Å²) in [5, 5.41) is 4.02. The third kappa shape index (κ3) is 6.34. The average molecular weight is 386 g/mol. The maximum Gasteiger partial charge on any atom is 0.220 e. The zero-order chi connectivity index (χ0) is 17.4. The fourth-order valence-corrected chi connectivity index (χ4v) is 3.47. The summed E-state index contributed by atoms with van der Waals surface area (Å²) in [4.78, 5) is 11.8. The molecule has 0 fully saturated rings. The smallest absolute Gasteiger partial charge is 0.220 e. The molecule has 0 saturated heterocycles. The number of nitrogens with one attached hydrogen (secondary N) is 1. The van der Waals surface area contributed by atoms with Crippen LogP contribution in [-0.4, -0.2) is 18.2 Å². The molecule has 0 bridgehead atoms. The van der Waals surface area contributed by atoms with Gasteiger partial charge in [-0.15, -0.1) is 0 Å². The third-order valence-corrected chi connectivity index (χ3v) is 5.02. The van der Waals surface area contributed by atoms with Crippen LogP contribution in [0.4, 0.5) is 4.39 Å². The number of carbonyl (C=O) groups is 1. The monoisotopic (exact) mass is 385 g/mol. The van der Waals surface area contributed by atoms with Crippen LogP contribution in [0, 0.1) is 5.82 Å². The van der Waals surface area contributed by atoms with Crippen molar-refractivity contribution in [1.82, 2.24) is 5.32 Å². The lowest BCUT2D eigenvalue weighted by atomic mass is 10.1. The summed E-state index contributed by atoms with van der Waals surface area (Å²) in [5.74, 6) is 1.13. The number of rotatable bonds is 8. The van der Waals surface area contributed by atoms with Gasteiger partial charge in [0.25, 0.3) is 0 Å². The lowest BCUT2D eigenvalue weighted by molar-refractivity contribution is -0.120. The predicted octanol–water partition coefficient (Wildman–Crippen LogP) is 5.11. The second-order valence-corrected chi connectivity index (χ2v) is 7.18. The molecular formula is C18H18Cl2FNOS. The number of amides is 1. The average Bonchev–Trinajstić information content (AvgIpc) is 2.55. The van der Waals surface area contributed by atoms with Gasteiger partial charge in [0.05, 0.1) is 0 Å². The Hall–Kier alpha value is -1.23. The van der Waals surface area contributed by atoms with Crippen LogP contribution < -0.4 is 5.32 Å². The molecule has 1 amide bonds. The molecule has 6 heteroatoms. The molecule has 0 spiro atoms. The van der Waals surface area contributed by atoms with E-state index in [9.17, 15) is 9.18 Å². The highest BCUT2D eigenvalue weighted by Crippen LogP contribution is 2.22. The number of halogens is 3. The number of carbonyl (C=O) groups excluding carboxylic acids is 1. The highest BCUT2D eigenvalue weighted by Gasteiger charge is 2.06. The second-order valence-electron chi connectivity index (χ2n) is 5.23. The first kappa shape index (κ1) is 19.1. The summed E-state index contributed by atoms with van der Waals surface area (Å²) in [6.45, 7) is 0.562. The molecule has 128 valence electrons. The van der Waals surface area contributed by atoms with Gasteiger partial charge >= 0.3 is 0 Å². The quantitative estimate of drug-likeness (QED) is 0.639. The SMILES string of the molecule is O=C(CCc1ccc(Cl)cc1Cl)NCCSCc1ccccc1F. The zero-order valence-electron chi connectivity index (χ0n) is 13.0. The van der Waals surface area contributed by atoms with Crippen molar-refractivity contribution in [3.8, 4) is 0 Å². The summed E-state index contributed by atoms with van der Waals surface area (Å²) in [7, 11) is 0. The summed E-state index contributed by atoms with van der Waals surface area (Å²) < 4.78 is 13.4. The van der Waals surface area contributed by atoms with E-state index in [-0.39, 0.29) is 11.7 Å². The molecule has 0 aliphatic carbocycles. The Morgan fingerprint density at radius 2 is 1.92 bits per heavy atom. The Morgan fingerprint density at radius 1 is 1.12 bits per heavy atom. The van der Waals surface area contributed by atoms with E-state index in [2.05, 4.69) is 5.32 Å². The molecule has 0 heterocycles. The minimum atomic E-state index is -0.186. The van der Waals surface area contributed by atoms with Crippen molar-refractivity contribution in [1.29, 1.82) is 0 Å². The van der Waals surface area contributed by atoms with Gasteiger partial charge < -0.3 is 5.32 Å². The molecule has 2 rings (SSSR count). The molecule has 0 aromatic heterocycles. The maximum atomic E-state index is 13.4. The summed E-state index contributed by atoms with van der Waals surface area (Å²) in [6.07, 6.45) is 0.948. The van der Waals surface area contributed by atoms with Gasteiger partial charge in [0, 0.05) is 34.5 Å². The van der Waals surface area contributed by atoms with Crippen molar-refractivity contribution in [2.24, 2.45) is 0 Å². The highest BCUT2D eigenvalue weighted by molar-refractivity contribution is 7.98. The molecule has 0 saturated carbocycles. The van der Waals surface area contributed by atoms with E-state index >= 15 is 0 Å². The van der Waals surface area contributed by atoms with Crippen molar-refractivity contribution in [3.05, 3.63) is 69.5 Å². The molecule has 0 aliphatic heterocycles. The highest BCUT2D eigenvalue weighted by atomic mass is 35.5. The van der Waals surface area contributed by atoms with Crippen LogP contribution >= 0.6 is 35.0 Å². The molecule has 2 aromatic rings. The normalized spacial score (nSPS) is 10.6. The first-order valence-corrected chi connectivity index (χ1v) is 9.49. The summed E-state index contributed by atoms with van der Waals surface area (Å²) in [5.41, 5.74) is 1.59. The van der Waals surface area contributed by atoms with E-state index in [1.165, 1.54) is 6.07 Å². The maximum absolute atomic E-state index is 13.4. The minimum absolute atomic E-state index is 0.0208. The van der Waals surface area contributed by atoms with Crippen LogP contribution in [0.1, 0.15) is 17.5 Å². The van der Waals surface area contributed by atoms with Gasteiger partial charge in [0.2, 0.25) is 5.91 Å². The molecule has 2 aromatic carbocycles. The van der Waals surface area contributed by atoms with E-state index in [1.54, 1.807) is 36.0 Å². The number of aryl methyl sites for hydroxylation is 1. The van der Waals surface area contributed by atoms with Gasteiger partial charge in [-0.25, -0.2) is 4.39 Å². The van der Waals surface area contributed by atoms with Crippen molar-refractivity contribution in [3.63, 3.8) is 0 Å². The van der Waals surface area contributed by atoms with E-state index in [0.29, 0.717) is 40.7 Å². The van der Waals surface area contributed by atoms with E-state index in [1.807, 2.05) is 12.1 Å². The molecular weight excluding hydrogens is 368 g/mol. The first-order chi connectivity index (χ1) is 11.6. The fourth-order valence-electron chi connectivity index (χ4n) is 2.12. The molecule has 0 atom stereocenters. The molecule has 2 nitrogen and oxygen atoms in total. The van der Waals surface area contributed by atoms with Gasteiger partial charge in [0.1, 0.15) is 5.82 Å². The van der Waals surface area contributed by atoms with Crippen molar-refractivity contribution in [2.75, 3.05) is 12.3 Å². The van der Waals surface area contributed by atoms with Crippen molar-refractivity contribution < 1.29 is 9.18 Å². The fraction of sp³-hybridized carbons (Fsp3) is 0.278. The van der Waals surface area contributed by atoms with E-state index in [0.717, 1.165) is 11.3 Å². The standard InChI is InChI=1S/C18H18Cl2FNOS/c19-15-7-5-13(16(20)11-15)6-8-18(23)22-9-10-24-12-14-3-1-2-4-17(14)21/h1-5,7,11H,6,8-10,12H2,(H,22,23). The Balaban J connectivity index is 1.62. The molecule has 24 heavy (non-hydrogen) atoms. The lowest BCUT2D eigenvalue weighted by Crippen LogP contribution is -2.26. The second kappa shape index (κ2) is 9.92. The van der Waals surface area contributed by atoms with Crippen LogP contribution in [-0.2, 0) is 17.0 Å². The number of benzene rings is 2. The first-order valence-electron chi connectivity index (χ1n) is 7.58. The summed E-state index contributed by atoms with van der Waals surface area (Å²) >= 11 is 13.5. The number of hydrogen-bond donors (Lipinski definition) is 1. The Kier molecular flexibility index (Phi) is 7.89. The van der Waals surface area contributed by atoms with Crippen LogP contribution in [0.5, 0.6) is 0 Å². The van der Waals surface area contributed by atoms with Gasteiger partial charge in [0.15, 0.2) is 0 Å². The topological polar surface area (TPSA) is 29.1 Å². The van der Waals surface area contributed by atoms with Crippen molar-refractivity contribution in [2.45, 2.75) is 18.6 Å². The number of hydrogen-bond acceptors (Lipinski definition) is 2. The largest absolute Gasteiger partial charge is 0.355 e. The number of thioether (sulfide) groups is 1. The van der Waals surface area contributed by atoms with Crippen LogP contribution in [0.25, 0.3) is 0 Å². The van der Waals surface area contributed by atoms with E-state index in [4.69, 9.17) is 23.2 Å². The van der Waals surface area contributed by atoms with E-state index < -0.39 is 0 Å².